The normalized spacial score (nSPS) is 10.7. The first-order chi connectivity index (χ1) is 12.6. The fourth-order valence-corrected chi connectivity index (χ4v) is 3.30. The molecule has 3 aromatic rings. The molecule has 0 spiro atoms. The number of nitrogens with zero attached hydrogens (tertiary/aromatic N) is 3. The Morgan fingerprint density at radius 3 is 2.62 bits per heavy atom. The van der Waals surface area contributed by atoms with E-state index < -0.39 is 0 Å². The van der Waals surface area contributed by atoms with E-state index in [0.29, 0.717) is 25.5 Å². The highest BCUT2D eigenvalue weighted by Crippen LogP contribution is 2.20. The molecule has 2 amide bonds. The summed E-state index contributed by atoms with van der Waals surface area (Å²) in [6.07, 6.45) is 0.776. The van der Waals surface area contributed by atoms with Crippen LogP contribution >= 0.6 is 11.3 Å². The summed E-state index contributed by atoms with van der Waals surface area (Å²) in [5, 5.41) is 11.9. The van der Waals surface area contributed by atoms with Crippen molar-refractivity contribution in [1.82, 2.24) is 25.0 Å². The monoisotopic (exact) mass is 371 g/mol. The Balaban J connectivity index is 1.45. The van der Waals surface area contributed by atoms with E-state index >= 15 is 0 Å². The van der Waals surface area contributed by atoms with E-state index in [0.717, 1.165) is 11.3 Å². The lowest BCUT2D eigenvalue weighted by Gasteiger charge is -2.07. The van der Waals surface area contributed by atoms with Gasteiger partial charge >= 0.3 is 11.7 Å². The molecule has 0 radical (unpaired) electrons. The van der Waals surface area contributed by atoms with Crippen LogP contribution in [0.3, 0.4) is 0 Å². The molecule has 2 N–H and O–H groups in total. The van der Waals surface area contributed by atoms with Crippen LogP contribution in [0.2, 0.25) is 0 Å². The SMILES string of the molecule is Cn1c(-c2cccs2)nn(CCNC(=O)NCCc2ccccc2)c1=O. The first-order valence-electron chi connectivity index (χ1n) is 8.38. The van der Waals surface area contributed by atoms with E-state index in [9.17, 15) is 9.59 Å². The third-order valence-corrected chi connectivity index (χ3v) is 4.80. The van der Waals surface area contributed by atoms with Gasteiger partial charge in [-0.1, -0.05) is 36.4 Å². The Kier molecular flexibility index (Phi) is 5.85. The van der Waals surface area contributed by atoms with Gasteiger partial charge < -0.3 is 10.6 Å². The number of hydrogen-bond acceptors (Lipinski definition) is 4. The lowest BCUT2D eigenvalue weighted by molar-refractivity contribution is 0.240. The number of rotatable bonds is 7. The number of thiophene rings is 1. The molecule has 26 heavy (non-hydrogen) atoms. The van der Waals surface area contributed by atoms with Gasteiger partial charge in [0.25, 0.3) is 0 Å². The molecular formula is C18H21N5O2S. The Hall–Kier alpha value is -2.87. The van der Waals surface area contributed by atoms with Crippen molar-refractivity contribution in [3.05, 3.63) is 63.9 Å². The maximum atomic E-state index is 12.2. The molecule has 0 aliphatic rings. The second kappa shape index (κ2) is 8.48. The number of carbonyl (C=O) groups is 1. The van der Waals surface area contributed by atoms with E-state index in [1.807, 2.05) is 47.8 Å². The topological polar surface area (TPSA) is 81.0 Å². The van der Waals surface area contributed by atoms with E-state index in [2.05, 4.69) is 15.7 Å². The molecule has 0 bridgehead atoms. The average Bonchev–Trinajstić information content (AvgIpc) is 3.27. The van der Waals surface area contributed by atoms with Crippen molar-refractivity contribution in [3.8, 4) is 10.7 Å². The molecule has 0 unspecified atom stereocenters. The molecule has 2 heterocycles. The van der Waals surface area contributed by atoms with Gasteiger partial charge in [0.05, 0.1) is 11.4 Å². The Bertz CT molecular complexity index is 900. The van der Waals surface area contributed by atoms with E-state index in [1.165, 1.54) is 26.1 Å². The minimum absolute atomic E-state index is 0.195. The number of aromatic nitrogens is 3. The van der Waals surface area contributed by atoms with Crippen LogP contribution in [0.4, 0.5) is 4.79 Å². The minimum Gasteiger partial charge on any atom is -0.338 e. The summed E-state index contributed by atoms with van der Waals surface area (Å²) in [5.41, 5.74) is 0.980. The molecule has 0 aliphatic heterocycles. The summed E-state index contributed by atoms with van der Waals surface area (Å²) < 4.78 is 2.89. The summed E-state index contributed by atoms with van der Waals surface area (Å²) >= 11 is 1.53. The highest BCUT2D eigenvalue weighted by atomic mass is 32.1. The lowest BCUT2D eigenvalue weighted by Crippen LogP contribution is -2.39. The van der Waals surface area contributed by atoms with Gasteiger partial charge in [0.2, 0.25) is 0 Å². The first kappa shape index (κ1) is 17.9. The molecule has 0 fully saturated rings. The van der Waals surface area contributed by atoms with Crippen molar-refractivity contribution >= 4 is 17.4 Å². The Morgan fingerprint density at radius 2 is 1.88 bits per heavy atom. The van der Waals surface area contributed by atoms with Crippen molar-refractivity contribution in [1.29, 1.82) is 0 Å². The maximum absolute atomic E-state index is 12.2. The zero-order chi connectivity index (χ0) is 18.4. The van der Waals surface area contributed by atoms with Gasteiger partial charge in [-0.3, -0.25) is 4.57 Å². The molecule has 7 nitrogen and oxygen atoms in total. The summed E-state index contributed by atoms with van der Waals surface area (Å²) in [4.78, 5) is 25.0. The van der Waals surface area contributed by atoms with Crippen LogP contribution in [-0.2, 0) is 20.0 Å². The smallest absolute Gasteiger partial charge is 0.338 e. The van der Waals surface area contributed by atoms with Crippen molar-refractivity contribution in [2.45, 2.75) is 13.0 Å². The fourth-order valence-electron chi connectivity index (χ4n) is 2.56. The summed E-state index contributed by atoms with van der Waals surface area (Å²) in [7, 11) is 1.70. The minimum atomic E-state index is -0.247. The molecule has 2 aromatic heterocycles. The molecule has 136 valence electrons. The highest BCUT2D eigenvalue weighted by molar-refractivity contribution is 7.13. The van der Waals surface area contributed by atoms with Crippen LogP contribution in [0.15, 0.2) is 52.6 Å². The van der Waals surface area contributed by atoms with Gasteiger partial charge in [-0.25, -0.2) is 14.3 Å². The van der Waals surface area contributed by atoms with Crippen molar-refractivity contribution in [2.75, 3.05) is 13.1 Å². The molecule has 3 rings (SSSR count). The first-order valence-corrected chi connectivity index (χ1v) is 9.26. The lowest BCUT2D eigenvalue weighted by atomic mass is 10.1. The standard InChI is InChI=1S/C18H21N5O2S/c1-22-16(15-8-5-13-26-15)21-23(18(22)25)12-11-20-17(24)19-10-9-14-6-3-2-4-7-14/h2-8,13H,9-12H2,1H3,(H2,19,20,24). The predicted octanol–water partition coefficient (Wildman–Crippen LogP) is 1.85. The largest absolute Gasteiger partial charge is 0.346 e. The number of hydrogen-bond donors (Lipinski definition) is 2. The quantitative estimate of drug-likeness (QED) is 0.665. The maximum Gasteiger partial charge on any atom is 0.346 e. The molecular weight excluding hydrogens is 350 g/mol. The van der Waals surface area contributed by atoms with Crippen molar-refractivity contribution in [3.63, 3.8) is 0 Å². The van der Waals surface area contributed by atoms with Gasteiger partial charge in [0, 0.05) is 20.1 Å². The van der Waals surface area contributed by atoms with Gasteiger partial charge in [-0.15, -0.1) is 16.4 Å². The molecule has 0 saturated carbocycles. The van der Waals surface area contributed by atoms with Gasteiger partial charge in [0.1, 0.15) is 0 Å². The number of benzene rings is 1. The van der Waals surface area contributed by atoms with Crippen molar-refractivity contribution in [2.24, 2.45) is 7.05 Å². The second-order valence-electron chi connectivity index (χ2n) is 5.78. The zero-order valence-electron chi connectivity index (χ0n) is 14.5. The zero-order valence-corrected chi connectivity index (χ0v) is 15.3. The number of nitrogens with one attached hydrogen (secondary N) is 2. The van der Waals surface area contributed by atoms with Crippen LogP contribution in [0.1, 0.15) is 5.56 Å². The predicted molar refractivity (Wildman–Crippen MR) is 102 cm³/mol. The molecule has 0 aliphatic carbocycles. The fraction of sp³-hybridized carbons (Fsp3) is 0.278. The Labute approximate surface area is 155 Å². The number of urea groups is 1. The van der Waals surface area contributed by atoms with Crippen molar-refractivity contribution < 1.29 is 4.79 Å². The van der Waals surface area contributed by atoms with Crippen LogP contribution in [0, 0.1) is 0 Å². The van der Waals surface area contributed by atoms with Gasteiger partial charge in [-0.2, -0.15) is 0 Å². The molecule has 8 heteroatoms. The third-order valence-electron chi connectivity index (χ3n) is 3.93. The Morgan fingerprint density at radius 1 is 1.12 bits per heavy atom. The van der Waals surface area contributed by atoms with Crippen LogP contribution < -0.4 is 16.3 Å². The van der Waals surface area contributed by atoms with Gasteiger partial charge in [0.15, 0.2) is 5.82 Å². The summed E-state index contributed by atoms with van der Waals surface area (Å²) in [6.45, 7) is 1.21. The summed E-state index contributed by atoms with van der Waals surface area (Å²) in [5.74, 6) is 0.636. The van der Waals surface area contributed by atoms with Crippen LogP contribution in [0.25, 0.3) is 10.7 Å². The summed E-state index contributed by atoms with van der Waals surface area (Å²) in [6, 6.07) is 13.6. The molecule has 1 aromatic carbocycles. The van der Waals surface area contributed by atoms with E-state index in [4.69, 9.17) is 0 Å². The molecule has 0 saturated heterocycles. The average molecular weight is 371 g/mol. The number of carbonyl (C=O) groups excluding carboxylic acids is 1. The highest BCUT2D eigenvalue weighted by Gasteiger charge is 2.12. The second-order valence-corrected chi connectivity index (χ2v) is 6.73. The van der Waals surface area contributed by atoms with Gasteiger partial charge in [-0.05, 0) is 23.4 Å². The van der Waals surface area contributed by atoms with E-state index in [1.54, 1.807) is 7.05 Å². The molecule has 0 atom stereocenters. The third kappa shape index (κ3) is 4.40. The van der Waals surface area contributed by atoms with Crippen LogP contribution in [-0.4, -0.2) is 33.5 Å². The number of amides is 2. The van der Waals surface area contributed by atoms with Crippen LogP contribution in [0.5, 0.6) is 0 Å². The van der Waals surface area contributed by atoms with E-state index in [-0.39, 0.29) is 11.7 Å².